The van der Waals surface area contributed by atoms with E-state index in [1.807, 2.05) is 0 Å². The molecule has 3 unspecified atom stereocenters. The van der Waals surface area contributed by atoms with Crippen molar-refractivity contribution in [2.75, 3.05) is 7.05 Å². The second-order valence-electron chi connectivity index (χ2n) is 5.28. The second-order valence-corrected chi connectivity index (χ2v) is 6.08. The molecule has 0 radical (unpaired) electrons. The van der Waals surface area contributed by atoms with E-state index >= 15 is 0 Å². The molecule has 2 aliphatic heterocycles. The van der Waals surface area contributed by atoms with Gasteiger partial charge in [-0.2, -0.15) is 13.2 Å². The Morgan fingerprint density at radius 2 is 2.15 bits per heavy atom. The van der Waals surface area contributed by atoms with Crippen molar-refractivity contribution in [3.05, 3.63) is 11.5 Å². The molecular formula is C12H18F3N3OS. The highest BCUT2D eigenvalue weighted by molar-refractivity contribution is 7.95. The van der Waals surface area contributed by atoms with Gasteiger partial charge in [-0.05, 0) is 25.2 Å². The van der Waals surface area contributed by atoms with Crippen molar-refractivity contribution in [3.63, 3.8) is 0 Å². The van der Waals surface area contributed by atoms with Crippen LogP contribution in [-0.2, 0) is 4.18 Å². The van der Waals surface area contributed by atoms with Gasteiger partial charge >= 0.3 is 5.51 Å². The number of piperidine rings is 2. The number of fused-ring (bicyclic) bond motifs is 2. The Morgan fingerprint density at radius 1 is 1.45 bits per heavy atom. The summed E-state index contributed by atoms with van der Waals surface area (Å²) in [6, 6.07) is 0.117. The Kier molecular flexibility index (Phi) is 4.53. The maximum Gasteiger partial charge on any atom is 0.479 e. The third kappa shape index (κ3) is 3.60. The summed E-state index contributed by atoms with van der Waals surface area (Å²) >= 11 is -0.547. The highest BCUT2D eigenvalue weighted by Crippen LogP contribution is 2.36. The predicted octanol–water partition coefficient (Wildman–Crippen LogP) is 2.78. The van der Waals surface area contributed by atoms with E-state index in [0.717, 1.165) is 12.8 Å². The second kappa shape index (κ2) is 5.85. The average molecular weight is 309 g/mol. The van der Waals surface area contributed by atoms with Crippen LogP contribution in [0.15, 0.2) is 11.5 Å². The van der Waals surface area contributed by atoms with Crippen molar-refractivity contribution in [3.8, 4) is 0 Å². The number of alkyl halides is 3. The highest BCUT2D eigenvalue weighted by atomic mass is 32.2. The molecule has 2 saturated heterocycles. The molecule has 20 heavy (non-hydrogen) atoms. The first-order chi connectivity index (χ1) is 9.30. The van der Waals surface area contributed by atoms with Crippen LogP contribution in [0.2, 0.25) is 0 Å². The monoisotopic (exact) mass is 309 g/mol. The van der Waals surface area contributed by atoms with E-state index in [4.69, 9.17) is 9.59 Å². The van der Waals surface area contributed by atoms with E-state index in [9.17, 15) is 13.2 Å². The van der Waals surface area contributed by atoms with E-state index in [1.165, 1.54) is 7.05 Å². The molecule has 2 fully saturated rings. The van der Waals surface area contributed by atoms with Crippen molar-refractivity contribution in [2.45, 2.75) is 43.8 Å². The number of rotatable bonds is 3. The van der Waals surface area contributed by atoms with Gasteiger partial charge in [0.05, 0.1) is 5.71 Å². The summed E-state index contributed by atoms with van der Waals surface area (Å²) in [7, 11) is 1.51. The van der Waals surface area contributed by atoms with Gasteiger partial charge in [0.2, 0.25) is 5.88 Å². The lowest BCUT2D eigenvalue weighted by Crippen LogP contribution is -2.54. The lowest BCUT2D eigenvalue weighted by atomic mass is 9.78. The minimum absolute atomic E-state index is 0.0448. The quantitative estimate of drug-likeness (QED) is 0.554. The third-order valence-corrected chi connectivity index (χ3v) is 4.05. The number of halogens is 3. The van der Waals surface area contributed by atoms with Gasteiger partial charge in [0.1, 0.15) is 0 Å². The van der Waals surface area contributed by atoms with E-state index in [1.54, 1.807) is 0 Å². The molecule has 0 spiro atoms. The summed E-state index contributed by atoms with van der Waals surface area (Å²) in [5.74, 6) is 0.569. The minimum Gasteiger partial charge on any atom is -0.399 e. The molecule has 3 N–H and O–H groups in total. The summed E-state index contributed by atoms with van der Waals surface area (Å²) in [6.45, 7) is 2.14. The van der Waals surface area contributed by atoms with Crippen LogP contribution < -0.4 is 10.6 Å². The van der Waals surface area contributed by atoms with Gasteiger partial charge in [0, 0.05) is 24.7 Å². The topological polar surface area (TPSA) is 57.1 Å². The van der Waals surface area contributed by atoms with Gasteiger partial charge < -0.3 is 20.2 Å². The maximum atomic E-state index is 12.2. The average Bonchev–Trinajstić information content (AvgIpc) is 2.34. The zero-order valence-electron chi connectivity index (χ0n) is 11.3. The zero-order chi connectivity index (χ0) is 14.9. The van der Waals surface area contributed by atoms with Crippen LogP contribution in [0.1, 0.15) is 26.2 Å². The molecule has 0 saturated carbocycles. The van der Waals surface area contributed by atoms with Crippen molar-refractivity contribution in [1.82, 2.24) is 10.6 Å². The first kappa shape index (κ1) is 15.5. The normalized spacial score (nSPS) is 32.9. The first-order valence-corrected chi connectivity index (χ1v) is 7.22. The van der Waals surface area contributed by atoms with Gasteiger partial charge in [-0.1, -0.05) is 6.92 Å². The van der Waals surface area contributed by atoms with Gasteiger partial charge in [0.15, 0.2) is 12.0 Å². The summed E-state index contributed by atoms with van der Waals surface area (Å²) in [4.78, 5) is 0. The molecule has 0 aromatic carbocycles. The van der Waals surface area contributed by atoms with E-state index < -0.39 is 17.6 Å². The van der Waals surface area contributed by atoms with Crippen molar-refractivity contribution in [1.29, 1.82) is 5.41 Å². The smallest absolute Gasteiger partial charge is 0.399 e. The van der Waals surface area contributed by atoms with E-state index in [-0.39, 0.29) is 18.0 Å². The van der Waals surface area contributed by atoms with Gasteiger partial charge in [-0.3, -0.25) is 0 Å². The Balaban J connectivity index is 2.16. The van der Waals surface area contributed by atoms with Crippen molar-refractivity contribution < 1.29 is 17.4 Å². The lowest BCUT2D eigenvalue weighted by molar-refractivity contribution is -0.0386. The van der Waals surface area contributed by atoms with Crippen molar-refractivity contribution in [2.24, 2.45) is 5.92 Å². The largest absolute Gasteiger partial charge is 0.479 e. The summed E-state index contributed by atoms with van der Waals surface area (Å²) < 4.78 is 41.4. The van der Waals surface area contributed by atoms with Crippen LogP contribution in [0.5, 0.6) is 0 Å². The number of nitrogens with one attached hydrogen (secondary N) is 3. The SMILES string of the molecule is CN/C(OSC(F)(F)F)=C1/CC2CC(C)CC(N2)C1=N. The summed E-state index contributed by atoms with van der Waals surface area (Å²) in [5, 5.41) is 14.1. The molecule has 2 heterocycles. The molecule has 0 aromatic heterocycles. The summed E-state index contributed by atoms with van der Waals surface area (Å²) in [6.07, 6.45) is 2.33. The van der Waals surface area contributed by atoms with Crippen LogP contribution in [0.4, 0.5) is 13.2 Å². The van der Waals surface area contributed by atoms with Crippen LogP contribution in [0.3, 0.4) is 0 Å². The zero-order valence-corrected chi connectivity index (χ0v) is 12.1. The fraction of sp³-hybridized carbons (Fsp3) is 0.750. The fourth-order valence-corrected chi connectivity index (χ4v) is 3.22. The van der Waals surface area contributed by atoms with E-state index in [2.05, 4.69) is 17.6 Å². The fourth-order valence-electron chi connectivity index (χ4n) is 2.86. The molecule has 3 atom stereocenters. The molecule has 2 bridgehead atoms. The molecule has 114 valence electrons. The van der Waals surface area contributed by atoms with E-state index in [0.29, 0.717) is 23.6 Å². The molecule has 0 aliphatic carbocycles. The predicted molar refractivity (Wildman–Crippen MR) is 72.3 cm³/mol. The Labute approximate surface area is 120 Å². The lowest BCUT2D eigenvalue weighted by Gasteiger charge is -2.41. The van der Waals surface area contributed by atoms with Crippen LogP contribution in [-0.4, -0.2) is 30.4 Å². The minimum atomic E-state index is -4.46. The molecule has 4 nitrogen and oxygen atoms in total. The summed E-state index contributed by atoms with van der Waals surface area (Å²) in [5.41, 5.74) is -3.58. The van der Waals surface area contributed by atoms with Gasteiger partial charge in [-0.25, -0.2) is 0 Å². The van der Waals surface area contributed by atoms with Crippen LogP contribution in [0.25, 0.3) is 0 Å². The maximum absolute atomic E-state index is 12.2. The Bertz CT molecular complexity index is 423. The molecule has 0 aromatic rings. The Hall–Kier alpha value is -0.890. The Morgan fingerprint density at radius 3 is 2.75 bits per heavy atom. The third-order valence-electron chi connectivity index (χ3n) is 3.61. The number of hydrogen-bond donors (Lipinski definition) is 3. The molecular weight excluding hydrogens is 291 g/mol. The molecule has 8 heteroatoms. The molecule has 2 aliphatic rings. The highest BCUT2D eigenvalue weighted by Gasteiger charge is 2.38. The number of hydrogen-bond acceptors (Lipinski definition) is 5. The van der Waals surface area contributed by atoms with Gasteiger partial charge in [0.25, 0.3) is 0 Å². The van der Waals surface area contributed by atoms with Gasteiger partial charge in [-0.15, -0.1) is 0 Å². The van der Waals surface area contributed by atoms with Crippen LogP contribution in [0, 0.1) is 11.3 Å². The molecule has 2 rings (SSSR count). The van der Waals surface area contributed by atoms with Crippen LogP contribution >= 0.6 is 12.0 Å². The first-order valence-electron chi connectivity index (χ1n) is 6.48. The standard InChI is InChI=1S/C12H18F3N3OS/c1-6-3-7-5-8(10(16)9(4-6)18-7)11(17-2)19-20-12(13,14)15/h6-7,9,16-18H,3-5H2,1-2H3/b11-8+,16-10?. The molecule has 0 amide bonds. The van der Waals surface area contributed by atoms with Crippen molar-refractivity contribution >= 4 is 17.8 Å².